The number of anilines is 1. The minimum absolute atomic E-state index is 0.0233. The molecule has 1 heterocycles. The summed E-state index contributed by atoms with van der Waals surface area (Å²) in [6.45, 7) is 5.87. The number of ether oxygens (including phenoxy) is 2. The van der Waals surface area contributed by atoms with E-state index < -0.39 is 21.3 Å². The average Bonchev–Trinajstić information content (AvgIpc) is 2.70. The number of carbonyl (C=O) groups excluding carboxylic acids is 2. The van der Waals surface area contributed by atoms with Crippen LogP contribution in [0.4, 0.5) is 5.69 Å². The standard InChI is InChI=1S/C21H24N2O6S/c1-21(2,3)19(24)13-22-20(25)15-6-4-5-7-16(15)23-30(26,27)14-8-9-17-18(12-14)29-11-10-28-17/h4-9,12,23H,10-11,13H2,1-3H3,(H,22,25). The van der Waals surface area contributed by atoms with Crippen molar-refractivity contribution in [2.24, 2.45) is 5.41 Å². The van der Waals surface area contributed by atoms with Crippen LogP contribution in [-0.2, 0) is 14.8 Å². The van der Waals surface area contributed by atoms with Crippen LogP contribution in [0.3, 0.4) is 0 Å². The number of ketones is 1. The number of nitrogens with one attached hydrogen (secondary N) is 2. The van der Waals surface area contributed by atoms with Gasteiger partial charge >= 0.3 is 0 Å². The molecule has 9 heteroatoms. The Kier molecular flexibility index (Phi) is 6.02. The van der Waals surface area contributed by atoms with E-state index in [1.54, 1.807) is 32.9 Å². The Morgan fingerprint density at radius 3 is 2.37 bits per heavy atom. The van der Waals surface area contributed by atoms with Crippen LogP contribution in [0, 0.1) is 5.41 Å². The lowest BCUT2D eigenvalue weighted by atomic mass is 9.91. The molecule has 0 bridgehead atoms. The van der Waals surface area contributed by atoms with E-state index in [0.29, 0.717) is 24.7 Å². The molecule has 160 valence electrons. The zero-order valence-electron chi connectivity index (χ0n) is 17.0. The quantitative estimate of drug-likeness (QED) is 0.726. The van der Waals surface area contributed by atoms with Crippen LogP contribution in [0.5, 0.6) is 11.5 Å². The lowest BCUT2D eigenvalue weighted by Crippen LogP contribution is -2.35. The highest BCUT2D eigenvalue weighted by atomic mass is 32.2. The molecule has 0 saturated carbocycles. The van der Waals surface area contributed by atoms with Crippen LogP contribution in [0.1, 0.15) is 31.1 Å². The Morgan fingerprint density at radius 2 is 1.67 bits per heavy atom. The average molecular weight is 432 g/mol. The van der Waals surface area contributed by atoms with Gasteiger partial charge < -0.3 is 14.8 Å². The fraction of sp³-hybridized carbons (Fsp3) is 0.333. The van der Waals surface area contributed by atoms with Crippen molar-refractivity contribution in [1.29, 1.82) is 0 Å². The molecule has 2 N–H and O–H groups in total. The van der Waals surface area contributed by atoms with E-state index >= 15 is 0 Å². The second-order valence-corrected chi connectivity index (χ2v) is 9.49. The summed E-state index contributed by atoms with van der Waals surface area (Å²) in [6.07, 6.45) is 0. The number of Topliss-reactive ketones (excluding diaryl/α,β-unsaturated/α-hetero) is 1. The molecule has 0 fully saturated rings. The maximum atomic E-state index is 12.9. The van der Waals surface area contributed by atoms with Crippen molar-refractivity contribution in [1.82, 2.24) is 5.32 Å². The van der Waals surface area contributed by atoms with Gasteiger partial charge in [0.15, 0.2) is 17.3 Å². The summed E-state index contributed by atoms with van der Waals surface area (Å²) in [5.41, 5.74) is -0.375. The van der Waals surface area contributed by atoms with E-state index in [4.69, 9.17) is 9.47 Å². The number of para-hydroxylation sites is 1. The summed E-state index contributed by atoms with van der Waals surface area (Å²) in [5.74, 6) is 0.137. The zero-order valence-corrected chi connectivity index (χ0v) is 17.8. The smallest absolute Gasteiger partial charge is 0.262 e. The molecule has 0 atom stereocenters. The first-order chi connectivity index (χ1) is 14.1. The van der Waals surface area contributed by atoms with Crippen molar-refractivity contribution < 1.29 is 27.5 Å². The van der Waals surface area contributed by atoms with Gasteiger partial charge in [0.05, 0.1) is 22.7 Å². The number of carbonyl (C=O) groups is 2. The predicted molar refractivity (Wildman–Crippen MR) is 111 cm³/mol. The van der Waals surface area contributed by atoms with Crippen molar-refractivity contribution in [2.45, 2.75) is 25.7 Å². The molecule has 30 heavy (non-hydrogen) atoms. The van der Waals surface area contributed by atoms with Gasteiger partial charge in [-0.25, -0.2) is 8.42 Å². The van der Waals surface area contributed by atoms with Crippen molar-refractivity contribution in [3.63, 3.8) is 0 Å². The van der Waals surface area contributed by atoms with E-state index in [-0.39, 0.29) is 28.5 Å². The molecular weight excluding hydrogens is 408 g/mol. The third kappa shape index (κ3) is 4.91. The Morgan fingerprint density at radius 1 is 1.00 bits per heavy atom. The molecule has 0 radical (unpaired) electrons. The molecule has 0 unspecified atom stereocenters. The molecule has 3 rings (SSSR count). The Labute approximate surface area is 175 Å². The topological polar surface area (TPSA) is 111 Å². The summed E-state index contributed by atoms with van der Waals surface area (Å²) < 4.78 is 39.0. The summed E-state index contributed by atoms with van der Waals surface area (Å²) in [4.78, 5) is 24.6. The fourth-order valence-electron chi connectivity index (χ4n) is 2.69. The summed E-state index contributed by atoms with van der Waals surface area (Å²) >= 11 is 0. The first-order valence-corrected chi connectivity index (χ1v) is 10.9. The van der Waals surface area contributed by atoms with Gasteiger partial charge in [-0.15, -0.1) is 0 Å². The first kappa shape index (κ1) is 21.6. The van der Waals surface area contributed by atoms with E-state index in [2.05, 4.69) is 10.0 Å². The molecule has 0 saturated heterocycles. The summed E-state index contributed by atoms with van der Waals surface area (Å²) in [6, 6.07) is 10.5. The monoisotopic (exact) mass is 432 g/mol. The highest BCUT2D eigenvalue weighted by molar-refractivity contribution is 7.92. The van der Waals surface area contributed by atoms with Crippen LogP contribution in [0.15, 0.2) is 47.4 Å². The van der Waals surface area contributed by atoms with Crippen molar-refractivity contribution in [3.05, 3.63) is 48.0 Å². The van der Waals surface area contributed by atoms with Crippen LogP contribution >= 0.6 is 0 Å². The van der Waals surface area contributed by atoms with Crippen molar-refractivity contribution in [2.75, 3.05) is 24.5 Å². The molecule has 1 amide bonds. The predicted octanol–water partition coefficient (Wildman–Crippen LogP) is 2.60. The zero-order chi connectivity index (χ0) is 21.9. The number of amides is 1. The van der Waals surface area contributed by atoms with E-state index in [1.165, 1.54) is 30.3 Å². The van der Waals surface area contributed by atoms with E-state index in [1.807, 2.05) is 0 Å². The van der Waals surface area contributed by atoms with Gasteiger partial charge in [0.2, 0.25) is 0 Å². The van der Waals surface area contributed by atoms with Crippen LogP contribution in [0.25, 0.3) is 0 Å². The van der Waals surface area contributed by atoms with E-state index in [0.717, 1.165) is 0 Å². The normalized spacial score (nSPS) is 13.4. The van der Waals surface area contributed by atoms with Gasteiger partial charge in [0.1, 0.15) is 13.2 Å². The number of hydrogen-bond acceptors (Lipinski definition) is 6. The van der Waals surface area contributed by atoms with Gasteiger partial charge in [-0.3, -0.25) is 14.3 Å². The second kappa shape index (κ2) is 8.35. The molecular formula is C21H24N2O6S. The Balaban J connectivity index is 1.80. The molecule has 8 nitrogen and oxygen atoms in total. The van der Waals surface area contributed by atoms with Gasteiger partial charge in [-0.2, -0.15) is 0 Å². The fourth-order valence-corrected chi connectivity index (χ4v) is 3.78. The first-order valence-electron chi connectivity index (χ1n) is 9.41. The van der Waals surface area contributed by atoms with Gasteiger partial charge in [-0.05, 0) is 24.3 Å². The molecule has 2 aromatic rings. The number of benzene rings is 2. The SMILES string of the molecule is CC(C)(C)C(=O)CNC(=O)c1ccccc1NS(=O)(=O)c1ccc2c(c1)OCCO2. The summed E-state index contributed by atoms with van der Waals surface area (Å²) in [5, 5.41) is 2.55. The van der Waals surface area contributed by atoms with Crippen molar-refractivity contribution >= 4 is 27.4 Å². The highest BCUT2D eigenvalue weighted by Gasteiger charge is 2.24. The second-order valence-electron chi connectivity index (χ2n) is 7.81. The van der Waals surface area contributed by atoms with Gasteiger partial charge in [0, 0.05) is 11.5 Å². The minimum atomic E-state index is -3.99. The number of rotatable bonds is 6. The maximum Gasteiger partial charge on any atom is 0.262 e. The Bertz CT molecular complexity index is 1070. The molecule has 0 spiro atoms. The van der Waals surface area contributed by atoms with Crippen LogP contribution < -0.4 is 19.5 Å². The number of hydrogen-bond donors (Lipinski definition) is 2. The lowest BCUT2D eigenvalue weighted by Gasteiger charge is -2.19. The maximum absolute atomic E-state index is 12.9. The minimum Gasteiger partial charge on any atom is -0.486 e. The molecule has 0 aliphatic carbocycles. The number of fused-ring (bicyclic) bond motifs is 1. The molecule has 2 aromatic carbocycles. The van der Waals surface area contributed by atoms with E-state index in [9.17, 15) is 18.0 Å². The largest absolute Gasteiger partial charge is 0.486 e. The Hall–Kier alpha value is -3.07. The highest BCUT2D eigenvalue weighted by Crippen LogP contribution is 2.33. The van der Waals surface area contributed by atoms with Gasteiger partial charge in [-0.1, -0.05) is 32.9 Å². The molecule has 1 aliphatic rings. The third-order valence-corrected chi connectivity index (χ3v) is 5.85. The van der Waals surface area contributed by atoms with Gasteiger partial charge in [0.25, 0.3) is 15.9 Å². The van der Waals surface area contributed by atoms with Crippen LogP contribution in [-0.4, -0.2) is 39.9 Å². The van der Waals surface area contributed by atoms with Crippen LogP contribution in [0.2, 0.25) is 0 Å². The lowest BCUT2D eigenvalue weighted by molar-refractivity contribution is -0.125. The molecule has 0 aromatic heterocycles. The third-order valence-electron chi connectivity index (χ3n) is 4.49. The molecule has 1 aliphatic heterocycles. The summed E-state index contributed by atoms with van der Waals surface area (Å²) in [7, 11) is -3.99. The van der Waals surface area contributed by atoms with Crippen molar-refractivity contribution in [3.8, 4) is 11.5 Å². The number of sulfonamides is 1.